The molecule has 4 rings (SSSR count). The maximum Gasteiger partial charge on any atom is 0.287 e. The number of ketones is 1. The Hall–Kier alpha value is -3.31. The van der Waals surface area contributed by atoms with Crippen molar-refractivity contribution in [1.29, 1.82) is 0 Å². The molecule has 0 fully saturated rings. The first kappa shape index (κ1) is 21.4. The first-order chi connectivity index (χ1) is 14.2. The van der Waals surface area contributed by atoms with Gasteiger partial charge in [-0.1, -0.05) is 66.7 Å². The van der Waals surface area contributed by atoms with E-state index in [1.54, 1.807) is 18.0 Å². The summed E-state index contributed by atoms with van der Waals surface area (Å²) in [7, 11) is 1.64. The monoisotopic (exact) mass is 461 g/mol. The van der Waals surface area contributed by atoms with Crippen LogP contribution in [0.4, 0.5) is 0 Å². The first-order valence-electron chi connectivity index (χ1n) is 9.42. The highest BCUT2D eigenvalue weighted by molar-refractivity contribution is 8.93. The molecule has 5 heteroatoms. The van der Waals surface area contributed by atoms with Gasteiger partial charge in [0.2, 0.25) is 5.78 Å². The predicted molar refractivity (Wildman–Crippen MR) is 123 cm³/mol. The van der Waals surface area contributed by atoms with Crippen LogP contribution in [0.25, 0.3) is 22.4 Å². The second-order valence-electron chi connectivity index (χ2n) is 6.68. The van der Waals surface area contributed by atoms with Crippen molar-refractivity contribution in [2.75, 3.05) is 7.11 Å². The highest BCUT2D eigenvalue weighted by Gasteiger charge is 2.14. The van der Waals surface area contributed by atoms with Gasteiger partial charge in [0.25, 0.3) is 6.33 Å². The van der Waals surface area contributed by atoms with Gasteiger partial charge in [0.1, 0.15) is 5.75 Å². The van der Waals surface area contributed by atoms with Crippen LogP contribution in [-0.2, 0) is 6.54 Å². The number of nitrogens with zero attached hydrogens (tertiary/aromatic N) is 2. The summed E-state index contributed by atoms with van der Waals surface area (Å²) in [5.74, 6) is 0.814. The molecule has 1 heterocycles. The third-order valence-electron chi connectivity index (χ3n) is 4.79. The van der Waals surface area contributed by atoms with Gasteiger partial charge in [-0.15, -0.1) is 17.0 Å². The Kier molecular flexibility index (Phi) is 7.09. The van der Waals surface area contributed by atoms with E-state index in [1.807, 2.05) is 79.0 Å². The van der Waals surface area contributed by atoms with Gasteiger partial charge >= 0.3 is 0 Å². The Bertz CT molecular complexity index is 1110. The molecule has 0 aliphatic carbocycles. The van der Waals surface area contributed by atoms with Crippen LogP contribution in [0.5, 0.6) is 5.75 Å². The van der Waals surface area contributed by atoms with Crippen molar-refractivity contribution < 1.29 is 14.1 Å². The van der Waals surface area contributed by atoms with Crippen LogP contribution in [0.3, 0.4) is 0 Å². The van der Waals surface area contributed by atoms with Gasteiger partial charge in [-0.2, -0.15) is 0 Å². The first-order valence-corrected chi connectivity index (χ1v) is 9.42. The molecule has 0 spiro atoms. The molecule has 0 aliphatic rings. The molecule has 30 heavy (non-hydrogen) atoms. The number of carbonyl (C=O) groups excluding carboxylic acids is 1. The molecular formula is C25H22BrN2O2+. The van der Waals surface area contributed by atoms with Gasteiger partial charge in [-0.3, -0.25) is 4.79 Å². The normalized spacial score (nSPS) is 10.2. The molecule has 1 aromatic heterocycles. The van der Waals surface area contributed by atoms with Crippen molar-refractivity contribution in [3.63, 3.8) is 0 Å². The van der Waals surface area contributed by atoms with E-state index in [0.717, 1.165) is 28.1 Å². The number of Topliss-reactive ketones (excluding diaryl/α,β-unsaturated/α-hetero) is 1. The Balaban J connectivity index is 0.00000256. The molecule has 150 valence electrons. The minimum Gasteiger partial charge on any atom is -0.496 e. The minimum absolute atomic E-state index is 0. The van der Waals surface area contributed by atoms with E-state index < -0.39 is 0 Å². The Morgan fingerprint density at radius 2 is 1.53 bits per heavy atom. The van der Waals surface area contributed by atoms with E-state index in [4.69, 9.17) is 4.74 Å². The molecule has 0 amide bonds. The number of hydrogen-bond acceptors (Lipinski definition) is 3. The number of benzene rings is 3. The fourth-order valence-electron chi connectivity index (χ4n) is 3.23. The molecule has 0 N–H and O–H groups in total. The highest BCUT2D eigenvalue weighted by atomic mass is 79.9. The second-order valence-corrected chi connectivity index (χ2v) is 6.68. The van der Waals surface area contributed by atoms with E-state index in [1.165, 1.54) is 0 Å². The summed E-state index contributed by atoms with van der Waals surface area (Å²) in [6, 6.07) is 27.5. The standard InChI is InChI=1S/C25H21N2O2.BrH/c1-29-25-10-6-5-9-22(25)23-15-16-27(18-26-23)17-24(28)21-13-11-20(12-14-21)19-7-3-2-4-8-19;/h2-16,18H,17H2,1H3;1H/q+1;. The lowest BCUT2D eigenvalue weighted by Crippen LogP contribution is -2.37. The van der Waals surface area contributed by atoms with E-state index in [-0.39, 0.29) is 29.3 Å². The molecule has 0 saturated heterocycles. The number of hydrogen-bond donors (Lipinski definition) is 0. The van der Waals surface area contributed by atoms with Crippen LogP contribution in [0.15, 0.2) is 97.5 Å². The average Bonchev–Trinajstić information content (AvgIpc) is 2.80. The van der Waals surface area contributed by atoms with Crippen molar-refractivity contribution >= 4 is 22.8 Å². The van der Waals surface area contributed by atoms with Gasteiger partial charge < -0.3 is 4.74 Å². The number of methoxy groups -OCH3 is 1. The van der Waals surface area contributed by atoms with Crippen LogP contribution in [0.2, 0.25) is 0 Å². The molecule has 0 bridgehead atoms. The Morgan fingerprint density at radius 3 is 2.20 bits per heavy atom. The smallest absolute Gasteiger partial charge is 0.287 e. The molecule has 4 aromatic rings. The van der Waals surface area contributed by atoms with Crippen molar-refractivity contribution in [2.24, 2.45) is 0 Å². The molecular weight excluding hydrogens is 440 g/mol. The maximum atomic E-state index is 12.6. The fraction of sp³-hybridized carbons (Fsp3) is 0.0800. The molecule has 3 aromatic carbocycles. The third kappa shape index (κ3) is 4.81. The van der Waals surface area contributed by atoms with Crippen LogP contribution in [0, 0.1) is 0 Å². The average molecular weight is 462 g/mol. The number of ether oxygens (including phenoxy) is 1. The van der Waals surface area contributed by atoms with Crippen LogP contribution in [-0.4, -0.2) is 17.9 Å². The van der Waals surface area contributed by atoms with Crippen LogP contribution < -0.4 is 9.30 Å². The topological polar surface area (TPSA) is 43.1 Å². The lowest BCUT2D eigenvalue weighted by Gasteiger charge is -2.05. The van der Waals surface area contributed by atoms with Gasteiger partial charge in [0.05, 0.1) is 18.9 Å². The van der Waals surface area contributed by atoms with Gasteiger partial charge in [0.15, 0.2) is 12.2 Å². The SMILES string of the molecule is Br.COc1ccccc1-c1cc[n+](CC(=O)c2ccc(-c3ccccc3)cc2)cn1. The summed E-state index contributed by atoms with van der Waals surface area (Å²) in [6.07, 6.45) is 3.54. The fourth-order valence-corrected chi connectivity index (χ4v) is 3.23. The molecule has 0 radical (unpaired) electrons. The summed E-state index contributed by atoms with van der Waals surface area (Å²) < 4.78 is 7.18. The number of halogens is 1. The van der Waals surface area contributed by atoms with Crippen molar-refractivity contribution in [2.45, 2.75) is 6.54 Å². The number of aromatic nitrogens is 2. The predicted octanol–water partition coefficient (Wildman–Crippen LogP) is 5.17. The number of carbonyl (C=O) groups is 1. The zero-order chi connectivity index (χ0) is 20.1. The van der Waals surface area contributed by atoms with Gasteiger partial charge in [0, 0.05) is 11.6 Å². The van der Waals surface area contributed by atoms with Crippen molar-refractivity contribution in [1.82, 2.24) is 4.98 Å². The third-order valence-corrected chi connectivity index (χ3v) is 4.79. The molecule has 0 aliphatic heterocycles. The largest absolute Gasteiger partial charge is 0.496 e. The van der Waals surface area contributed by atoms with Crippen LogP contribution in [0.1, 0.15) is 10.4 Å². The zero-order valence-corrected chi connectivity index (χ0v) is 18.3. The number of para-hydroxylation sites is 1. The summed E-state index contributed by atoms with van der Waals surface area (Å²) in [5, 5.41) is 0. The van der Waals surface area contributed by atoms with Crippen molar-refractivity contribution in [3.05, 3.63) is 103 Å². The lowest BCUT2D eigenvalue weighted by atomic mass is 10.0. The van der Waals surface area contributed by atoms with Gasteiger partial charge in [-0.05, 0) is 28.2 Å². The van der Waals surface area contributed by atoms with Gasteiger partial charge in [-0.25, -0.2) is 4.57 Å². The Morgan fingerprint density at radius 1 is 0.867 bits per heavy atom. The zero-order valence-electron chi connectivity index (χ0n) is 16.6. The summed E-state index contributed by atoms with van der Waals surface area (Å²) in [6.45, 7) is 0.240. The quantitative estimate of drug-likeness (QED) is 0.293. The number of rotatable bonds is 6. The lowest BCUT2D eigenvalue weighted by molar-refractivity contribution is -0.686. The summed E-state index contributed by atoms with van der Waals surface area (Å²) >= 11 is 0. The molecule has 0 unspecified atom stereocenters. The molecule has 4 nitrogen and oxygen atoms in total. The van der Waals surface area contributed by atoms with E-state index in [0.29, 0.717) is 5.56 Å². The minimum atomic E-state index is 0. The summed E-state index contributed by atoms with van der Waals surface area (Å²) in [4.78, 5) is 17.1. The van der Waals surface area contributed by atoms with Crippen LogP contribution >= 0.6 is 17.0 Å². The second kappa shape index (κ2) is 9.94. The Labute approximate surface area is 186 Å². The van der Waals surface area contributed by atoms with Crippen molar-refractivity contribution in [3.8, 4) is 28.1 Å². The van der Waals surface area contributed by atoms with E-state index in [2.05, 4.69) is 17.1 Å². The molecule has 0 saturated carbocycles. The molecule has 0 atom stereocenters. The highest BCUT2D eigenvalue weighted by Crippen LogP contribution is 2.27. The summed E-state index contributed by atoms with van der Waals surface area (Å²) in [5.41, 5.74) is 4.64. The van der Waals surface area contributed by atoms with E-state index in [9.17, 15) is 4.79 Å². The maximum absolute atomic E-state index is 12.6. The van der Waals surface area contributed by atoms with E-state index >= 15 is 0 Å².